The van der Waals surface area contributed by atoms with Crippen LogP contribution in [0, 0.1) is 5.82 Å². The summed E-state index contributed by atoms with van der Waals surface area (Å²) in [6, 6.07) is 7.68. The number of halogens is 3. The summed E-state index contributed by atoms with van der Waals surface area (Å²) < 4.78 is 15.6. The van der Waals surface area contributed by atoms with Crippen LogP contribution in [0.3, 0.4) is 0 Å². The number of fused-ring (bicyclic) bond motifs is 1. The monoisotopic (exact) mass is 463 g/mol. The number of pyridine rings is 1. The van der Waals surface area contributed by atoms with E-state index >= 15 is 0 Å². The number of carbonyl (C=O) groups is 2. The molecule has 6 nitrogen and oxygen atoms in total. The molecule has 30 heavy (non-hydrogen) atoms. The third-order valence-corrected chi connectivity index (χ3v) is 5.80. The standard InChI is InChI=1S/C20H12Cl2FN3O3S/c21-15-9-25(29)10-16(22)17(15)24-19(28)18(27)14-8-13(26-5-6-30-20(14)26)7-11-1-3-12(23)4-2-11/h1-6,8-10,29H,7H2. The lowest BCUT2D eigenvalue weighted by Gasteiger charge is -2.00. The molecule has 1 amide bonds. The summed E-state index contributed by atoms with van der Waals surface area (Å²) in [7, 11) is 0. The molecule has 4 aromatic rings. The van der Waals surface area contributed by atoms with Crippen molar-refractivity contribution >= 4 is 51.1 Å². The van der Waals surface area contributed by atoms with Gasteiger partial charge in [0.15, 0.2) is 0 Å². The molecule has 3 heterocycles. The van der Waals surface area contributed by atoms with Crippen LogP contribution in [0.2, 0.25) is 10.0 Å². The van der Waals surface area contributed by atoms with Gasteiger partial charge in [-0.1, -0.05) is 35.3 Å². The van der Waals surface area contributed by atoms with E-state index in [0.717, 1.165) is 23.7 Å². The van der Waals surface area contributed by atoms with Gasteiger partial charge in [0, 0.05) is 23.7 Å². The number of hydrogen-bond acceptors (Lipinski definition) is 4. The third-order valence-electron chi connectivity index (χ3n) is 4.35. The van der Waals surface area contributed by atoms with Gasteiger partial charge in [0.1, 0.15) is 16.0 Å². The van der Waals surface area contributed by atoms with Crippen LogP contribution in [0.15, 0.2) is 59.3 Å². The molecule has 10 heteroatoms. The molecule has 4 rings (SSSR count). The van der Waals surface area contributed by atoms with Crippen molar-refractivity contribution < 1.29 is 19.2 Å². The van der Waals surface area contributed by atoms with E-state index in [-0.39, 0.29) is 26.8 Å². The van der Waals surface area contributed by atoms with Gasteiger partial charge in [-0.15, -0.1) is 11.3 Å². The van der Waals surface area contributed by atoms with E-state index in [9.17, 15) is 19.2 Å². The van der Waals surface area contributed by atoms with Crippen LogP contribution in [-0.2, 0) is 11.2 Å². The van der Waals surface area contributed by atoms with Crippen molar-refractivity contribution in [1.29, 1.82) is 0 Å². The highest BCUT2D eigenvalue weighted by Gasteiger charge is 2.23. The Labute approximate surface area is 183 Å². The number of benzene rings is 1. The summed E-state index contributed by atoms with van der Waals surface area (Å²) in [5.74, 6) is -2.18. The first-order valence-electron chi connectivity index (χ1n) is 8.55. The Kier molecular flexibility index (Phi) is 5.46. The van der Waals surface area contributed by atoms with Gasteiger partial charge in [0.25, 0.3) is 5.78 Å². The van der Waals surface area contributed by atoms with Gasteiger partial charge in [-0.05, 0) is 23.8 Å². The van der Waals surface area contributed by atoms with Crippen LogP contribution in [0.4, 0.5) is 4.39 Å². The third kappa shape index (κ3) is 3.89. The number of rotatable bonds is 4. The Hall–Kier alpha value is -2.94. The van der Waals surface area contributed by atoms with E-state index in [0.29, 0.717) is 16.0 Å². The molecule has 0 aliphatic rings. The van der Waals surface area contributed by atoms with E-state index in [1.807, 2.05) is 4.40 Å². The van der Waals surface area contributed by atoms with Gasteiger partial charge in [-0.3, -0.25) is 9.59 Å². The van der Waals surface area contributed by atoms with Gasteiger partial charge < -0.3 is 9.61 Å². The van der Waals surface area contributed by atoms with Gasteiger partial charge >= 0.3 is 5.91 Å². The molecule has 0 aliphatic carbocycles. The molecule has 1 N–H and O–H groups in total. The van der Waals surface area contributed by atoms with Crippen molar-refractivity contribution in [3.8, 4) is 0 Å². The second-order valence-corrected chi connectivity index (χ2v) is 8.07. The molecule has 0 saturated carbocycles. The zero-order chi connectivity index (χ0) is 21.4. The number of nitrogens with zero attached hydrogens (tertiary/aromatic N) is 3. The van der Waals surface area contributed by atoms with Gasteiger partial charge in [0.2, 0.25) is 0 Å². The number of thiazole rings is 1. The SMILES string of the molecule is O=C(N=c1c(Cl)cn(O)cc1Cl)C(=O)c1cc(Cc2ccc(F)cc2)n2ccsc12. The molecule has 1 aromatic carbocycles. The van der Waals surface area contributed by atoms with E-state index in [2.05, 4.69) is 4.99 Å². The second-order valence-electron chi connectivity index (χ2n) is 6.36. The molecule has 0 atom stereocenters. The summed E-state index contributed by atoms with van der Waals surface area (Å²) in [4.78, 5) is 29.7. The molecule has 0 unspecified atom stereocenters. The molecule has 0 fully saturated rings. The summed E-state index contributed by atoms with van der Waals surface area (Å²) in [5, 5.41) is 10.9. The first kappa shape index (κ1) is 20.3. The highest BCUT2D eigenvalue weighted by Crippen LogP contribution is 2.25. The zero-order valence-corrected chi connectivity index (χ0v) is 17.4. The second kappa shape index (κ2) is 8.06. The lowest BCUT2D eigenvalue weighted by molar-refractivity contribution is -0.114. The van der Waals surface area contributed by atoms with Gasteiger partial charge in [0.05, 0.1) is 28.0 Å². The number of Topliss-reactive ketones (excluding diaryl/α,β-unsaturated/α-hetero) is 1. The number of carbonyl (C=O) groups excluding carboxylic acids is 2. The van der Waals surface area contributed by atoms with Crippen LogP contribution < -0.4 is 5.36 Å². The van der Waals surface area contributed by atoms with Crippen LogP contribution >= 0.6 is 34.5 Å². The van der Waals surface area contributed by atoms with E-state index in [1.165, 1.54) is 23.5 Å². The fourth-order valence-electron chi connectivity index (χ4n) is 2.99. The molecule has 152 valence electrons. The van der Waals surface area contributed by atoms with Gasteiger partial charge in [-0.2, -0.15) is 4.73 Å². The Morgan fingerprint density at radius 2 is 1.80 bits per heavy atom. The molecule has 0 bridgehead atoms. The van der Waals surface area contributed by atoms with E-state index in [1.54, 1.807) is 29.8 Å². The minimum Gasteiger partial charge on any atom is -0.429 e. The molecule has 0 aliphatic heterocycles. The summed E-state index contributed by atoms with van der Waals surface area (Å²) >= 11 is 13.2. The Balaban J connectivity index is 1.70. The summed E-state index contributed by atoms with van der Waals surface area (Å²) in [5.41, 5.74) is 1.83. The fourth-order valence-corrected chi connectivity index (χ4v) is 4.41. The lowest BCUT2D eigenvalue weighted by atomic mass is 10.1. The average molecular weight is 464 g/mol. The van der Waals surface area contributed by atoms with E-state index in [4.69, 9.17) is 23.2 Å². The normalized spacial score (nSPS) is 11.0. The first-order chi connectivity index (χ1) is 14.3. The number of ketones is 1. The number of aromatic nitrogens is 2. The highest BCUT2D eigenvalue weighted by atomic mass is 35.5. The van der Waals surface area contributed by atoms with Crippen molar-refractivity contribution in [2.45, 2.75) is 6.42 Å². The number of hydrogen-bond donors (Lipinski definition) is 1. The molecular formula is C20H12Cl2FN3O3S. The average Bonchev–Trinajstić information content (AvgIpc) is 3.29. The molecule has 0 radical (unpaired) electrons. The summed E-state index contributed by atoms with van der Waals surface area (Å²) in [6.45, 7) is 0. The maximum Gasteiger partial charge on any atom is 0.318 e. The summed E-state index contributed by atoms with van der Waals surface area (Å²) in [6.07, 6.45) is 4.44. The van der Waals surface area contributed by atoms with Crippen LogP contribution in [0.1, 0.15) is 21.6 Å². The fraction of sp³-hybridized carbons (Fsp3) is 0.0500. The molecule has 0 spiro atoms. The van der Waals surface area contributed by atoms with Crippen molar-refractivity contribution in [3.05, 3.63) is 92.3 Å². The van der Waals surface area contributed by atoms with Gasteiger partial charge in [-0.25, -0.2) is 9.38 Å². The minimum atomic E-state index is -1.04. The lowest BCUT2D eigenvalue weighted by Crippen LogP contribution is -2.18. The predicted octanol–water partition coefficient (Wildman–Crippen LogP) is 4.39. The van der Waals surface area contributed by atoms with Crippen molar-refractivity contribution in [2.24, 2.45) is 4.99 Å². The minimum absolute atomic E-state index is 0.0821. The largest absolute Gasteiger partial charge is 0.429 e. The van der Waals surface area contributed by atoms with Crippen LogP contribution in [0.5, 0.6) is 0 Å². The maximum atomic E-state index is 13.2. The molecule has 3 aromatic heterocycles. The van der Waals surface area contributed by atoms with Crippen molar-refractivity contribution in [1.82, 2.24) is 9.13 Å². The molecule has 0 saturated heterocycles. The quantitative estimate of drug-likeness (QED) is 0.277. The smallest absolute Gasteiger partial charge is 0.318 e. The highest BCUT2D eigenvalue weighted by molar-refractivity contribution is 7.16. The Morgan fingerprint density at radius 3 is 2.47 bits per heavy atom. The zero-order valence-electron chi connectivity index (χ0n) is 15.1. The topological polar surface area (TPSA) is 76.1 Å². The molecular weight excluding hydrogens is 452 g/mol. The van der Waals surface area contributed by atoms with Crippen LogP contribution in [-0.4, -0.2) is 26.0 Å². The van der Waals surface area contributed by atoms with E-state index < -0.39 is 11.7 Å². The van der Waals surface area contributed by atoms with Crippen LogP contribution in [0.25, 0.3) is 4.83 Å². The Morgan fingerprint density at radius 1 is 1.13 bits per heavy atom. The van der Waals surface area contributed by atoms with Crippen molar-refractivity contribution in [3.63, 3.8) is 0 Å². The number of amides is 1. The van der Waals surface area contributed by atoms with Crippen molar-refractivity contribution in [2.75, 3.05) is 0 Å². The predicted molar refractivity (Wildman–Crippen MR) is 111 cm³/mol. The maximum absolute atomic E-state index is 13.2. The Bertz CT molecular complexity index is 1330. The first-order valence-corrected chi connectivity index (χ1v) is 10.2.